The van der Waals surface area contributed by atoms with E-state index in [1.54, 1.807) is 13.0 Å². The predicted molar refractivity (Wildman–Crippen MR) is 61.6 cm³/mol. The molecule has 0 fully saturated rings. The summed E-state index contributed by atoms with van der Waals surface area (Å²) < 4.78 is 33.6. The normalized spacial score (nSPS) is 10.1. The third-order valence-electron chi connectivity index (χ3n) is 2.22. The van der Waals surface area contributed by atoms with Gasteiger partial charge in [-0.2, -0.15) is 14.0 Å². The molecule has 19 heavy (non-hydrogen) atoms. The number of hydrogen-bond acceptors (Lipinski definition) is 5. The van der Waals surface area contributed by atoms with Gasteiger partial charge in [0.05, 0.1) is 17.7 Å². The molecule has 0 radical (unpaired) electrons. The molecular weight excluding hydrogens is 258 g/mol. The van der Waals surface area contributed by atoms with Gasteiger partial charge in [-0.15, -0.1) is 0 Å². The van der Waals surface area contributed by atoms with Crippen LogP contribution in [0.3, 0.4) is 0 Å². The maximum atomic E-state index is 12.3. The van der Waals surface area contributed by atoms with Crippen LogP contribution in [0.4, 0.5) is 8.78 Å². The van der Waals surface area contributed by atoms with E-state index in [9.17, 15) is 13.6 Å². The third kappa shape index (κ3) is 3.63. The standard InChI is InChI=1S/C12H12F2N2O3/c1-2-18-11(17)7-3-8(5-15)10(19-12(13)14)9(4-7)6-16/h3-4,12H,2,5,15H2,1H3. The molecule has 0 aliphatic rings. The first-order valence-electron chi connectivity index (χ1n) is 5.42. The molecular formula is C12H12F2N2O3. The first-order valence-corrected chi connectivity index (χ1v) is 5.42. The molecule has 1 aromatic carbocycles. The fourth-order valence-electron chi connectivity index (χ4n) is 1.48. The minimum atomic E-state index is -3.08. The number of rotatable bonds is 5. The quantitative estimate of drug-likeness (QED) is 0.824. The van der Waals surface area contributed by atoms with Gasteiger partial charge in [0, 0.05) is 12.1 Å². The second-order valence-corrected chi connectivity index (χ2v) is 3.43. The average molecular weight is 270 g/mol. The molecule has 0 spiro atoms. The number of alkyl halides is 2. The van der Waals surface area contributed by atoms with Gasteiger partial charge >= 0.3 is 12.6 Å². The van der Waals surface area contributed by atoms with Crippen molar-refractivity contribution in [2.45, 2.75) is 20.1 Å². The highest BCUT2D eigenvalue weighted by atomic mass is 19.3. The Labute approximate surface area is 108 Å². The van der Waals surface area contributed by atoms with Crippen molar-refractivity contribution in [2.75, 3.05) is 6.61 Å². The van der Waals surface area contributed by atoms with Gasteiger partial charge in [-0.25, -0.2) is 4.79 Å². The Morgan fingerprint density at radius 2 is 2.21 bits per heavy atom. The van der Waals surface area contributed by atoms with E-state index in [0.29, 0.717) is 0 Å². The Bertz CT molecular complexity index is 512. The van der Waals surface area contributed by atoms with E-state index in [-0.39, 0.29) is 35.6 Å². The van der Waals surface area contributed by atoms with Crippen molar-refractivity contribution in [3.8, 4) is 11.8 Å². The number of nitriles is 1. The first-order chi connectivity index (χ1) is 9.03. The Kier molecular flexibility index (Phi) is 5.21. The fraction of sp³-hybridized carbons (Fsp3) is 0.333. The largest absolute Gasteiger partial charge is 0.462 e. The molecule has 0 aliphatic carbocycles. The highest BCUT2D eigenvalue weighted by molar-refractivity contribution is 5.90. The van der Waals surface area contributed by atoms with Crippen LogP contribution in [0.1, 0.15) is 28.4 Å². The molecule has 1 rings (SSSR count). The van der Waals surface area contributed by atoms with Crippen molar-refractivity contribution in [1.29, 1.82) is 5.26 Å². The van der Waals surface area contributed by atoms with Crippen LogP contribution in [0, 0.1) is 11.3 Å². The average Bonchev–Trinajstić information content (AvgIpc) is 2.38. The van der Waals surface area contributed by atoms with Gasteiger partial charge in [0.25, 0.3) is 0 Å². The highest BCUT2D eigenvalue weighted by Crippen LogP contribution is 2.27. The van der Waals surface area contributed by atoms with Gasteiger partial charge in [0.15, 0.2) is 0 Å². The summed E-state index contributed by atoms with van der Waals surface area (Å²) in [4.78, 5) is 11.6. The minimum absolute atomic E-state index is 0.0699. The van der Waals surface area contributed by atoms with E-state index in [1.165, 1.54) is 6.07 Å². The van der Waals surface area contributed by atoms with E-state index in [2.05, 4.69) is 4.74 Å². The van der Waals surface area contributed by atoms with Gasteiger partial charge in [-0.3, -0.25) is 0 Å². The van der Waals surface area contributed by atoms with Crippen molar-refractivity contribution in [1.82, 2.24) is 0 Å². The third-order valence-corrected chi connectivity index (χ3v) is 2.22. The van der Waals surface area contributed by atoms with Gasteiger partial charge < -0.3 is 15.2 Å². The summed E-state index contributed by atoms with van der Waals surface area (Å²) in [7, 11) is 0. The van der Waals surface area contributed by atoms with Crippen molar-refractivity contribution >= 4 is 5.97 Å². The van der Waals surface area contributed by atoms with Crippen molar-refractivity contribution in [3.05, 3.63) is 28.8 Å². The summed E-state index contributed by atoms with van der Waals surface area (Å²) in [6.07, 6.45) is 0. The van der Waals surface area contributed by atoms with Crippen LogP contribution in [0.25, 0.3) is 0 Å². The van der Waals surface area contributed by atoms with E-state index >= 15 is 0 Å². The molecule has 0 aliphatic heterocycles. The van der Waals surface area contributed by atoms with Crippen molar-refractivity contribution in [2.24, 2.45) is 5.73 Å². The molecule has 102 valence electrons. The molecule has 0 saturated carbocycles. The molecule has 0 heterocycles. The molecule has 0 saturated heterocycles. The lowest BCUT2D eigenvalue weighted by Crippen LogP contribution is -2.12. The molecule has 0 atom stereocenters. The summed E-state index contributed by atoms with van der Waals surface area (Å²) in [6.45, 7) is -1.44. The molecule has 7 heteroatoms. The number of esters is 1. The summed E-state index contributed by atoms with van der Waals surface area (Å²) in [6, 6.07) is 4.10. The minimum Gasteiger partial charge on any atom is -0.462 e. The zero-order valence-corrected chi connectivity index (χ0v) is 10.2. The SMILES string of the molecule is CCOC(=O)c1cc(C#N)c(OC(F)F)c(CN)c1. The van der Waals surface area contributed by atoms with Crippen molar-refractivity contribution in [3.63, 3.8) is 0 Å². The molecule has 0 unspecified atom stereocenters. The number of nitrogens with zero attached hydrogens (tertiary/aromatic N) is 1. The van der Waals surface area contributed by atoms with Gasteiger partial charge in [0.2, 0.25) is 0 Å². The first kappa shape index (κ1) is 14.9. The van der Waals surface area contributed by atoms with E-state index < -0.39 is 12.6 Å². The lowest BCUT2D eigenvalue weighted by Gasteiger charge is -2.12. The highest BCUT2D eigenvalue weighted by Gasteiger charge is 2.18. The van der Waals surface area contributed by atoms with E-state index in [1.807, 2.05) is 0 Å². The Morgan fingerprint density at radius 1 is 1.53 bits per heavy atom. The maximum Gasteiger partial charge on any atom is 0.387 e. The van der Waals surface area contributed by atoms with Gasteiger partial charge in [0.1, 0.15) is 11.8 Å². The number of carbonyl (C=O) groups excluding carboxylic acids is 1. The lowest BCUT2D eigenvalue weighted by molar-refractivity contribution is -0.0506. The van der Waals surface area contributed by atoms with Crippen LogP contribution in [0.15, 0.2) is 12.1 Å². The van der Waals surface area contributed by atoms with Crippen LogP contribution in [0.5, 0.6) is 5.75 Å². The Morgan fingerprint density at radius 3 is 2.68 bits per heavy atom. The number of benzene rings is 1. The summed E-state index contributed by atoms with van der Waals surface area (Å²) in [5.74, 6) is -0.967. The van der Waals surface area contributed by atoms with E-state index in [0.717, 1.165) is 6.07 Å². The number of halogens is 2. The topological polar surface area (TPSA) is 85.3 Å². The molecule has 2 N–H and O–H groups in total. The molecule has 5 nitrogen and oxygen atoms in total. The molecule has 0 aromatic heterocycles. The van der Waals surface area contributed by atoms with Crippen LogP contribution in [-0.4, -0.2) is 19.2 Å². The van der Waals surface area contributed by atoms with Crippen LogP contribution in [0.2, 0.25) is 0 Å². The lowest BCUT2D eigenvalue weighted by atomic mass is 10.0. The number of ether oxygens (including phenoxy) is 2. The second kappa shape index (κ2) is 6.66. The Hall–Kier alpha value is -2.20. The fourth-order valence-corrected chi connectivity index (χ4v) is 1.48. The van der Waals surface area contributed by atoms with Crippen LogP contribution < -0.4 is 10.5 Å². The van der Waals surface area contributed by atoms with Crippen LogP contribution in [-0.2, 0) is 11.3 Å². The maximum absolute atomic E-state index is 12.3. The van der Waals surface area contributed by atoms with Crippen molar-refractivity contribution < 1.29 is 23.0 Å². The predicted octanol–water partition coefficient (Wildman–Crippen LogP) is 1.80. The number of nitrogens with two attached hydrogens (primary N) is 1. The number of hydrogen-bond donors (Lipinski definition) is 1. The van der Waals surface area contributed by atoms with Gasteiger partial charge in [-0.05, 0) is 19.1 Å². The molecule has 0 bridgehead atoms. The second-order valence-electron chi connectivity index (χ2n) is 3.43. The summed E-state index contributed by atoms with van der Waals surface area (Å²) in [5, 5.41) is 8.92. The smallest absolute Gasteiger partial charge is 0.387 e. The summed E-state index contributed by atoms with van der Waals surface area (Å²) in [5.41, 5.74) is 5.43. The van der Waals surface area contributed by atoms with Crippen LogP contribution >= 0.6 is 0 Å². The Balaban J connectivity index is 3.28. The molecule has 1 aromatic rings. The zero-order valence-electron chi connectivity index (χ0n) is 10.2. The summed E-state index contributed by atoms with van der Waals surface area (Å²) >= 11 is 0. The zero-order chi connectivity index (χ0) is 14.4. The van der Waals surface area contributed by atoms with Gasteiger partial charge in [-0.1, -0.05) is 0 Å². The molecule has 0 amide bonds. The number of carbonyl (C=O) groups is 1. The van der Waals surface area contributed by atoms with E-state index in [4.69, 9.17) is 15.7 Å². The monoisotopic (exact) mass is 270 g/mol.